The van der Waals surface area contributed by atoms with Crippen LogP contribution in [0.4, 0.5) is 0 Å². The highest BCUT2D eigenvalue weighted by molar-refractivity contribution is 5.69. The zero-order valence-corrected chi connectivity index (χ0v) is 12.7. The highest BCUT2D eigenvalue weighted by Crippen LogP contribution is 2.51. The molecule has 1 saturated carbocycles. The van der Waals surface area contributed by atoms with Gasteiger partial charge < -0.3 is 4.74 Å². The molecule has 0 bridgehead atoms. The molecule has 0 aromatic rings. The average molecular weight is 242 g/mol. The van der Waals surface area contributed by atoms with E-state index in [1.807, 2.05) is 20.8 Å². The Morgan fingerprint density at radius 2 is 1.82 bits per heavy atom. The van der Waals surface area contributed by atoms with Crippen LogP contribution in [-0.2, 0) is 9.53 Å². The van der Waals surface area contributed by atoms with Gasteiger partial charge in [0.15, 0.2) is 0 Å². The zero-order valence-electron chi connectivity index (χ0n) is 12.7. The van der Waals surface area contributed by atoms with Crippen LogP contribution in [0.25, 0.3) is 0 Å². The van der Waals surface area contributed by atoms with Crippen LogP contribution in [0.15, 0.2) is 0 Å². The lowest BCUT2D eigenvalue weighted by Gasteiger charge is -2.32. The number of esters is 1. The minimum Gasteiger partial charge on any atom is -0.466 e. The second kappa shape index (κ2) is 7.03. The van der Waals surface area contributed by atoms with E-state index >= 15 is 0 Å². The van der Waals surface area contributed by atoms with Gasteiger partial charge in [0.05, 0.1) is 6.61 Å². The third-order valence-corrected chi connectivity index (χ3v) is 4.33. The fourth-order valence-electron chi connectivity index (χ4n) is 2.99. The summed E-state index contributed by atoms with van der Waals surface area (Å²) in [5, 5.41) is 0. The average Bonchev–Trinajstić information content (AvgIpc) is 2.45. The van der Waals surface area contributed by atoms with Gasteiger partial charge in [0.25, 0.3) is 0 Å². The van der Waals surface area contributed by atoms with E-state index in [9.17, 15) is 4.79 Å². The van der Waals surface area contributed by atoms with Crippen LogP contribution >= 0.6 is 0 Å². The molecule has 1 fully saturated rings. The minimum atomic E-state index is -0.0310. The Hall–Kier alpha value is -0.530. The lowest BCUT2D eigenvalue weighted by Crippen LogP contribution is -2.28. The van der Waals surface area contributed by atoms with Gasteiger partial charge in [-0.25, -0.2) is 0 Å². The van der Waals surface area contributed by atoms with Gasteiger partial charge in [0, 0.05) is 6.42 Å². The van der Waals surface area contributed by atoms with Gasteiger partial charge in [-0.2, -0.15) is 0 Å². The molecular formula is C15H30O2. The van der Waals surface area contributed by atoms with Crippen LogP contribution in [0, 0.1) is 23.2 Å². The molecule has 0 saturated heterocycles. The van der Waals surface area contributed by atoms with Crippen molar-refractivity contribution in [3.63, 3.8) is 0 Å². The van der Waals surface area contributed by atoms with Gasteiger partial charge in [0.2, 0.25) is 0 Å². The first-order valence-corrected chi connectivity index (χ1v) is 7.05. The maximum atomic E-state index is 11.5. The molecule has 0 aromatic heterocycles. The quantitative estimate of drug-likeness (QED) is 0.690. The van der Waals surface area contributed by atoms with E-state index in [-0.39, 0.29) is 11.4 Å². The van der Waals surface area contributed by atoms with Crippen molar-refractivity contribution in [2.45, 2.75) is 61.3 Å². The molecule has 0 aromatic carbocycles. The number of hydrogen-bond acceptors (Lipinski definition) is 2. The molecule has 3 unspecified atom stereocenters. The van der Waals surface area contributed by atoms with E-state index in [1.54, 1.807) is 0 Å². The number of carbonyl (C=O) groups excluding carboxylic acids is 1. The van der Waals surface area contributed by atoms with Crippen molar-refractivity contribution in [1.82, 2.24) is 0 Å². The lowest BCUT2D eigenvalue weighted by atomic mass is 9.73. The van der Waals surface area contributed by atoms with E-state index in [0.29, 0.717) is 30.8 Å². The maximum Gasteiger partial charge on any atom is 0.306 e. The van der Waals surface area contributed by atoms with Gasteiger partial charge in [-0.05, 0) is 36.5 Å². The van der Waals surface area contributed by atoms with Crippen LogP contribution in [0.1, 0.15) is 61.3 Å². The Balaban J connectivity index is 0.00000121. The van der Waals surface area contributed by atoms with E-state index in [1.165, 1.54) is 6.42 Å². The van der Waals surface area contributed by atoms with Crippen molar-refractivity contribution in [1.29, 1.82) is 0 Å². The van der Waals surface area contributed by atoms with Crippen molar-refractivity contribution >= 4 is 5.97 Å². The Morgan fingerprint density at radius 1 is 1.29 bits per heavy atom. The van der Waals surface area contributed by atoms with Gasteiger partial charge in [-0.3, -0.25) is 4.79 Å². The summed E-state index contributed by atoms with van der Waals surface area (Å²) in [5.74, 6) is 1.79. The second-order valence-corrected chi connectivity index (χ2v) is 5.55. The summed E-state index contributed by atoms with van der Waals surface area (Å²) in [4.78, 5) is 11.5. The molecule has 2 heteroatoms. The Labute approximate surface area is 107 Å². The zero-order chi connectivity index (χ0) is 13.6. The molecule has 102 valence electrons. The highest BCUT2D eigenvalue weighted by Gasteiger charge is 2.45. The summed E-state index contributed by atoms with van der Waals surface area (Å²) < 4.78 is 5.04. The monoisotopic (exact) mass is 242 g/mol. The standard InChI is InChI=1S/C13H24O2.C2H6/c1-6-15-12(14)8-11-9(2)7-10(3)13(11,4)5;1-2/h9-11H,6-8H2,1-5H3;1-2H3. The van der Waals surface area contributed by atoms with E-state index in [0.717, 1.165) is 0 Å². The summed E-state index contributed by atoms with van der Waals surface area (Å²) in [5.41, 5.74) is 0.270. The largest absolute Gasteiger partial charge is 0.466 e. The smallest absolute Gasteiger partial charge is 0.306 e. The molecule has 3 atom stereocenters. The molecule has 0 amide bonds. The van der Waals surface area contributed by atoms with Crippen LogP contribution in [0.3, 0.4) is 0 Å². The number of rotatable bonds is 3. The van der Waals surface area contributed by atoms with Crippen LogP contribution in [0.2, 0.25) is 0 Å². The predicted octanol–water partition coefficient (Wildman–Crippen LogP) is 4.28. The van der Waals surface area contributed by atoms with Crippen molar-refractivity contribution in [3.05, 3.63) is 0 Å². The number of hydrogen-bond donors (Lipinski definition) is 0. The molecule has 0 radical (unpaired) electrons. The third kappa shape index (κ3) is 4.01. The Morgan fingerprint density at radius 3 is 2.18 bits per heavy atom. The van der Waals surface area contributed by atoms with Crippen LogP contribution < -0.4 is 0 Å². The molecule has 0 heterocycles. The molecule has 0 spiro atoms. The van der Waals surface area contributed by atoms with Gasteiger partial charge >= 0.3 is 5.97 Å². The molecule has 1 aliphatic rings. The highest BCUT2D eigenvalue weighted by atomic mass is 16.5. The SMILES string of the molecule is CC.CCOC(=O)CC1C(C)CC(C)C1(C)C. The summed E-state index contributed by atoms with van der Waals surface area (Å²) in [7, 11) is 0. The van der Waals surface area contributed by atoms with E-state index in [4.69, 9.17) is 4.74 Å². The number of carbonyl (C=O) groups is 1. The molecule has 2 nitrogen and oxygen atoms in total. The van der Waals surface area contributed by atoms with Crippen LogP contribution in [-0.4, -0.2) is 12.6 Å². The third-order valence-electron chi connectivity index (χ3n) is 4.33. The summed E-state index contributed by atoms with van der Waals surface area (Å²) in [6.45, 7) is 15.5. The first-order valence-electron chi connectivity index (χ1n) is 7.05. The van der Waals surface area contributed by atoms with Crippen molar-refractivity contribution < 1.29 is 9.53 Å². The predicted molar refractivity (Wildman–Crippen MR) is 72.8 cm³/mol. The van der Waals surface area contributed by atoms with Crippen LogP contribution in [0.5, 0.6) is 0 Å². The summed E-state index contributed by atoms with van der Waals surface area (Å²) >= 11 is 0. The van der Waals surface area contributed by atoms with Gasteiger partial charge in [-0.15, -0.1) is 0 Å². The first kappa shape index (κ1) is 16.5. The molecular weight excluding hydrogens is 212 g/mol. The Bertz CT molecular complexity index is 233. The normalized spacial score (nSPS) is 30.4. The van der Waals surface area contributed by atoms with E-state index in [2.05, 4.69) is 27.7 Å². The van der Waals surface area contributed by atoms with Gasteiger partial charge in [0.1, 0.15) is 0 Å². The molecule has 1 rings (SSSR count). The van der Waals surface area contributed by atoms with Crippen molar-refractivity contribution in [3.8, 4) is 0 Å². The minimum absolute atomic E-state index is 0.0310. The summed E-state index contributed by atoms with van der Waals surface area (Å²) in [6, 6.07) is 0. The van der Waals surface area contributed by atoms with Gasteiger partial charge in [-0.1, -0.05) is 41.5 Å². The first-order chi connectivity index (χ1) is 7.89. The topological polar surface area (TPSA) is 26.3 Å². The maximum absolute atomic E-state index is 11.5. The van der Waals surface area contributed by atoms with Crippen molar-refractivity contribution in [2.24, 2.45) is 23.2 Å². The lowest BCUT2D eigenvalue weighted by molar-refractivity contribution is -0.145. The van der Waals surface area contributed by atoms with E-state index < -0.39 is 0 Å². The molecule has 0 N–H and O–H groups in total. The molecule has 1 aliphatic carbocycles. The second-order valence-electron chi connectivity index (χ2n) is 5.55. The Kier molecular flexibility index (Phi) is 6.81. The fourth-order valence-corrected chi connectivity index (χ4v) is 2.99. The summed E-state index contributed by atoms with van der Waals surface area (Å²) in [6.07, 6.45) is 1.82. The van der Waals surface area contributed by atoms with Crippen molar-refractivity contribution in [2.75, 3.05) is 6.61 Å². The number of ether oxygens (including phenoxy) is 1. The molecule has 17 heavy (non-hydrogen) atoms. The fraction of sp³-hybridized carbons (Fsp3) is 0.933. The molecule has 0 aliphatic heterocycles.